The highest BCUT2D eigenvalue weighted by Crippen LogP contribution is 2.51. The minimum atomic E-state index is -3.94. The van der Waals surface area contributed by atoms with Gasteiger partial charge in [0, 0.05) is 11.3 Å². The fourth-order valence-electron chi connectivity index (χ4n) is 2.99. The fraction of sp³-hybridized carbons (Fsp3) is 0.278. The summed E-state index contributed by atoms with van der Waals surface area (Å²) >= 11 is 6.29. The van der Waals surface area contributed by atoms with E-state index in [4.69, 9.17) is 26.8 Å². The molecule has 0 fully saturated rings. The number of sulfone groups is 1. The number of nitrogens with two attached hydrogens (primary N) is 1. The van der Waals surface area contributed by atoms with Crippen molar-refractivity contribution in [2.45, 2.75) is 30.4 Å². The van der Waals surface area contributed by atoms with Crippen molar-refractivity contribution in [2.24, 2.45) is 0 Å². The van der Waals surface area contributed by atoms with Gasteiger partial charge in [0.05, 0.1) is 22.4 Å². The molecule has 0 aromatic heterocycles. The van der Waals surface area contributed by atoms with Gasteiger partial charge in [-0.05, 0) is 50.6 Å². The summed E-state index contributed by atoms with van der Waals surface area (Å²) in [5.74, 6) is -0.258. The Labute approximate surface area is 156 Å². The van der Waals surface area contributed by atoms with E-state index < -0.39 is 20.6 Å². The molecule has 1 aliphatic heterocycles. The summed E-state index contributed by atoms with van der Waals surface area (Å²) < 4.78 is 36.1. The number of ether oxygens (including phenoxy) is 2. The van der Waals surface area contributed by atoms with Gasteiger partial charge in [-0.25, -0.2) is 13.2 Å². The van der Waals surface area contributed by atoms with Gasteiger partial charge in [-0.3, -0.25) is 0 Å². The first-order valence-electron chi connectivity index (χ1n) is 7.75. The van der Waals surface area contributed by atoms with E-state index in [1.54, 1.807) is 26.8 Å². The average molecular weight is 396 g/mol. The van der Waals surface area contributed by atoms with Crippen LogP contribution in [0.4, 0.5) is 5.69 Å². The molecule has 1 aliphatic rings. The number of benzene rings is 2. The monoisotopic (exact) mass is 395 g/mol. The van der Waals surface area contributed by atoms with Gasteiger partial charge in [0.15, 0.2) is 15.6 Å². The highest BCUT2D eigenvalue weighted by molar-refractivity contribution is 7.92. The zero-order valence-corrected chi connectivity index (χ0v) is 16.3. The molecule has 0 atom stereocenters. The molecule has 0 radical (unpaired) electrons. The summed E-state index contributed by atoms with van der Waals surface area (Å²) in [6, 6.07) is 5.84. The van der Waals surface area contributed by atoms with Gasteiger partial charge in [-0.1, -0.05) is 11.6 Å². The van der Waals surface area contributed by atoms with Crippen molar-refractivity contribution in [3.8, 4) is 11.5 Å². The summed E-state index contributed by atoms with van der Waals surface area (Å²) in [6.45, 7) is 4.76. The second kappa shape index (κ2) is 5.89. The van der Waals surface area contributed by atoms with E-state index in [9.17, 15) is 13.2 Å². The minimum Gasteiger partial charge on any atom is -0.465 e. The number of esters is 1. The predicted molar refractivity (Wildman–Crippen MR) is 98.7 cm³/mol. The maximum absolute atomic E-state index is 13.4. The van der Waals surface area contributed by atoms with Crippen molar-refractivity contribution < 1.29 is 22.7 Å². The third-order valence-electron chi connectivity index (χ3n) is 4.54. The number of methoxy groups -OCH3 is 1. The topological polar surface area (TPSA) is 95.7 Å². The number of nitrogen functional groups attached to an aromatic ring is 1. The zero-order chi connectivity index (χ0) is 19.4. The molecule has 0 unspecified atom stereocenters. The van der Waals surface area contributed by atoms with E-state index in [1.807, 2.05) is 0 Å². The molecule has 3 rings (SSSR count). The molecule has 1 heterocycles. The van der Waals surface area contributed by atoms with Crippen LogP contribution in [0.5, 0.6) is 11.5 Å². The van der Waals surface area contributed by atoms with Crippen LogP contribution in [-0.2, 0) is 19.3 Å². The number of fused-ring (bicyclic) bond motifs is 2. The number of anilines is 1. The zero-order valence-electron chi connectivity index (χ0n) is 14.7. The Kier molecular flexibility index (Phi) is 4.20. The van der Waals surface area contributed by atoms with Crippen LogP contribution in [0, 0.1) is 6.92 Å². The minimum absolute atomic E-state index is 0.0891. The lowest BCUT2D eigenvalue weighted by Crippen LogP contribution is -2.29. The number of hydrogen-bond donors (Lipinski definition) is 1. The molecule has 138 valence electrons. The van der Waals surface area contributed by atoms with Crippen LogP contribution in [0.25, 0.3) is 0 Å². The summed E-state index contributed by atoms with van der Waals surface area (Å²) in [5, 5.41) is 0.215. The van der Waals surface area contributed by atoms with Gasteiger partial charge < -0.3 is 15.2 Å². The highest BCUT2D eigenvalue weighted by atomic mass is 35.5. The number of rotatable bonds is 1. The van der Waals surface area contributed by atoms with Crippen molar-refractivity contribution in [3.63, 3.8) is 0 Å². The lowest BCUT2D eigenvalue weighted by molar-refractivity contribution is 0.0600. The first-order valence-corrected chi connectivity index (χ1v) is 9.61. The SMILES string of the molecule is COC(=O)c1cc(C)c2c(c1)S(=O)(=O)C(C)(C)c1cc(N)cc(Cl)c1O2. The van der Waals surface area contributed by atoms with Gasteiger partial charge in [-0.2, -0.15) is 0 Å². The van der Waals surface area contributed by atoms with Gasteiger partial charge in [0.25, 0.3) is 0 Å². The molecule has 2 aromatic carbocycles. The number of halogens is 1. The normalized spacial score (nSPS) is 16.7. The van der Waals surface area contributed by atoms with Crippen LogP contribution in [0.1, 0.15) is 35.3 Å². The standard InChI is InChI=1S/C18H18ClNO5S/c1-9-5-10(17(21)24-4)6-14-15(9)25-16-12(7-11(20)8-13(16)19)18(2,3)26(14,22)23/h5-8H,20H2,1-4H3. The van der Waals surface area contributed by atoms with Crippen molar-refractivity contribution in [1.82, 2.24) is 0 Å². The maximum Gasteiger partial charge on any atom is 0.337 e. The molecule has 6 nitrogen and oxygen atoms in total. The second-order valence-electron chi connectivity index (χ2n) is 6.61. The molecular formula is C18H18ClNO5S. The Morgan fingerprint density at radius 2 is 1.85 bits per heavy atom. The fourth-order valence-corrected chi connectivity index (χ4v) is 4.98. The Morgan fingerprint density at radius 1 is 1.19 bits per heavy atom. The maximum atomic E-state index is 13.4. The van der Waals surface area contributed by atoms with Gasteiger partial charge >= 0.3 is 5.97 Å². The molecule has 2 aromatic rings. The first kappa shape index (κ1) is 18.5. The smallest absolute Gasteiger partial charge is 0.337 e. The third kappa shape index (κ3) is 2.54. The molecule has 0 amide bonds. The number of carbonyl (C=O) groups excluding carboxylic acids is 1. The van der Waals surface area contributed by atoms with Gasteiger partial charge in [0.2, 0.25) is 0 Å². The Bertz CT molecular complexity index is 1040. The van der Waals surface area contributed by atoms with Crippen LogP contribution in [-0.4, -0.2) is 21.5 Å². The van der Waals surface area contributed by atoms with Crippen molar-refractivity contribution in [1.29, 1.82) is 0 Å². The molecule has 26 heavy (non-hydrogen) atoms. The molecule has 0 spiro atoms. The third-order valence-corrected chi connectivity index (χ3v) is 7.27. The van der Waals surface area contributed by atoms with E-state index in [2.05, 4.69) is 0 Å². The lowest BCUT2D eigenvalue weighted by atomic mass is 10.0. The quantitative estimate of drug-likeness (QED) is 0.582. The molecule has 0 aliphatic carbocycles. The summed E-state index contributed by atoms with van der Waals surface area (Å²) in [6.07, 6.45) is 0. The Balaban J connectivity index is 2.42. The molecule has 0 bridgehead atoms. The van der Waals surface area contributed by atoms with Crippen molar-refractivity contribution in [2.75, 3.05) is 12.8 Å². The predicted octanol–water partition coefficient (Wildman–Crippen LogP) is 3.83. The molecular weight excluding hydrogens is 378 g/mol. The molecule has 8 heteroatoms. The van der Waals surface area contributed by atoms with E-state index >= 15 is 0 Å². The average Bonchev–Trinajstić information content (AvgIpc) is 2.62. The summed E-state index contributed by atoms with van der Waals surface area (Å²) in [4.78, 5) is 11.8. The lowest BCUT2D eigenvalue weighted by Gasteiger charge is -2.25. The summed E-state index contributed by atoms with van der Waals surface area (Å²) in [7, 11) is -2.70. The Morgan fingerprint density at radius 3 is 2.46 bits per heavy atom. The van der Waals surface area contributed by atoms with E-state index in [0.717, 1.165) is 0 Å². The van der Waals surface area contributed by atoms with Gasteiger partial charge in [-0.15, -0.1) is 0 Å². The van der Waals surface area contributed by atoms with Crippen LogP contribution in [0.3, 0.4) is 0 Å². The molecule has 0 saturated carbocycles. The number of carbonyl (C=O) groups is 1. The van der Waals surface area contributed by atoms with E-state index in [-0.39, 0.29) is 27.0 Å². The van der Waals surface area contributed by atoms with Crippen LogP contribution in [0.2, 0.25) is 5.02 Å². The van der Waals surface area contributed by atoms with E-state index in [1.165, 1.54) is 25.3 Å². The van der Waals surface area contributed by atoms with Crippen LogP contribution >= 0.6 is 11.6 Å². The molecule has 2 N–H and O–H groups in total. The Hall–Kier alpha value is -2.25. The first-order chi connectivity index (χ1) is 12.0. The number of aryl methyl sites for hydroxylation is 1. The van der Waals surface area contributed by atoms with Crippen molar-refractivity contribution >= 4 is 33.1 Å². The highest BCUT2D eigenvalue weighted by Gasteiger charge is 2.45. The number of hydrogen-bond acceptors (Lipinski definition) is 6. The largest absolute Gasteiger partial charge is 0.465 e. The van der Waals surface area contributed by atoms with Crippen molar-refractivity contribution in [3.05, 3.63) is 46.0 Å². The molecule has 0 saturated heterocycles. The van der Waals surface area contributed by atoms with Crippen LogP contribution in [0.15, 0.2) is 29.2 Å². The summed E-state index contributed by atoms with van der Waals surface area (Å²) in [5.41, 5.74) is 7.16. The van der Waals surface area contributed by atoms with E-state index in [0.29, 0.717) is 16.8 Å². The second-order valence-corrected chi connectivity index (χ2v) is 9.48. The van der Waals surface area contributed by atoms with Gasteiger partial charge in [0.1, 0.15) is 10.6 Å². The van der Waals surface area contributed by atoms with Crippen LogP contribution < -0.4 is 10.5 Å².